The summed E-state index contributed by atoms with van der Waals surface area (Å²) in [5, 5.41) is 11.3. The van der Waals surface area contributed by atoms with Gasteiger partial charge in [-0.2, -0.15) is 0 Å². The molecule has 0 radical (unpaired) electrons. The van der Waals surface area contributed by atoms with Crippen molar-refractivity contribution >= 4 is 17.6 Å². The summed E-state index contributed by atoms with van der Waals surface area (Å²) in [6.07, 6.45) is 2.00. The number of furan rings is 1. The van der Waals surface area contributed by atoms with Gasteiger partial charge in [-0.1, -0.05) is 0 Å². The first-order valence-electron chi connectivity index (χ1n) is 6.86. The monoisotopic (exact) mass is 303 g/mol. The van der Waals surface area contributed by atoms with Gasteiger partial charge in [-0.05, 0) is 43.7 Å². The van der Waals surface area contributed by atoms with Crippen LogP contribution in [0.3, 0.4) is 0 Å². The lowest BCUT2D eigenvalue weighted by Gasteiger charge is -2.07. The molecule has 0 aliphatic carbocycles. The number of nitrogens with one attached hydrogen (secondary N) is 1. The molecular weight excluding hydrogens is 286 g/mol. The van der Waals surface area contributed by atoms with Gasteiger partial charge in [-0.15, -0.1) is 0 Å². The van der Waals surface area contributed by atoms with E-state index in [1.807, 2.05) is 0 Å². The maximum atomic E-state index is 12.0. The first-order chi connectivity index (χ1) is 10.6. The molecule has 0 aliphatic rings. The van der Waals surface area contributed by atoms with Crippen LogP contribution in [0.25, 0.3) is 0 Å². The van der Waals surface area contributed by atoms with E-state index >= 15 is 0 Å². The number of carboxylic acids is 1. The standard InChI is InChI=1S/C16H17NO5/c1-11-14(8-10-21-11)16(20)17-12-4-6-13(7-5-12)22-9-2-3-15(18)19/h4-8,10H,2-3,9H2,1H3,(H,17,20)(H,18,19). The van der Waals surface area contributed by atoms with E-state index in [0.29, 0.717) is 35.8 Å². The Morgan fingerprint density at radius 3 is 2.55 bits per heavy atom. The first-order valence-corrected chi connectivity index (χ1v) is 6.86. The van der Waals surface area contributed by atoms with Gasteiger partial charge in [0.05, 0.1) is 18.4 Å². The Hall–Kier alpha value is -2.76. The number of carbonyl (C=O) groups is 2. The highest BCUT2D eigenvalue weighted by atomic mass is 16.5. The summed E-state index contributed by atoms with van der Waals surface area (Å²) in [7, 11) is 0. The van der Waals surface area contributed by atoms with Crippen LogP contribution < -0.4 is 10.1 Å². The number of hydrogen-bond donors (Lipinski definition) is 2. The van der Waals surface area contributed by atoms with Crippen molar-refractivity contribution in [3.63, 3.8) is 0 Å². The molecule has 0 fully saturated rings. The number of rotatable bonds is 7. The third kappa shape index (κ3) is 4.37. The van der Waals surface area contributed by atoms with Crippen LogP contribution in [0.4, 0.5) is 5.69 Å². The van der Waals surface area contributed by atoms with Gasteiger partial charge in [-0.3, -0.25) is 9.59 Å². The molecule has 0 spiro atoms. The number of amides is 1. The number of carboxylic acid groups (broad SMARTS) is 1. The number of anilines is 1. The molecule has 0 atom stereocenters. The Morgan fingerprint density at radius 2 is 1.95 bits per heavy atom. The number of aryl methyl sites for hydroxylation is 1. The minimum atomic E-state index is -0.837. The second kappa shape index (κ2) is 7.31. The van der Waals surface area contributed by atoms with Gasteiger partial charge in [0.2, 0.25) is 0 Å². The molecule has 2 rings (SSSR count). The second-order valence-corrected chi connectivity index (χ2v) is 4.71. The average Bonchev–Trinajstić information content (AvgIpc) is 2.91. The lowest BCUT2D eigenvalue weighted by molar-refractivity contribution is -0.137. The summed E-state index contributed by atoms with van der Waals surface area (Å²) in [6.45, 7) is 2.06. The summed E-state index contributed by atoms with van der Waals surface area (Å²) in [4.78, 5) is 22.4. The predicted molar refractivity (Wildman–Crippen MR) is 80.2 cm³/mol. The van der Waals surface area contributed by atoms with Gasteiger partial charge in [0.1, 0.15) is 11.5 Å². The van der Waals surface area contributed by atoms with Crippen LogP contribution in [0, 0.1) is 6.92 Å². The van der Waals surface area contributed by atoms with Gasteiger partial charge in [0.15, 0.2) is 0 Å². The zero-order valence-corrected chi connectivity index (χ0v) is 12.2. The Labute approximate surface area is 127 Å². The Balaban J connectivity index is 1.85. The maximum Gasteiger partial charge on any atom is 0.303 e. The highest BCUT2D eigenvalue weighted by molar-refractivity contribution is 6.04. The molecule has 1 amide bonds. The van der Waals surface area contributed by atoms with Crippen LogP contribution >= 0.6 is 0 Å². The highest BCUT2D eigenvalue weighted by Crippen LogP contribution is 2.18. The van der Waals surface area contributed by atoms with E-state index in [1.54, 1.807) is 37.3 Å². The molecule has 1 heterocycles. The SMILES string of the molecule is Cc1occc1C(=O)Nc1ccc(OCCCC(=O)O)cc1. The number of ether oxygens (including phenoxy) is 1. The smallest absolute Gasteiger partial charge is 0.303 e. The summed E-state index contributed by atoms with van der Waals surface area (Å²) < 4.78 is 10.5. The minimum absolute atomic E-state index is 0.0815. The van der Waals surface area contributed by atoms with Crippen molar-refractivity contribution in [2.45, 2.75) is 19.8 Å². The third-order valence-corrected chi connectivity index (χ3v) is 3.02. The molecule has 0 saturated heterocycles. The molecule has 1 aromatic carbocycles. The van der Waals surface area contributed by atoms with E-state index in [0.717, 1.165) is 0 Å². The van der Waals surface area contributed by atoms with Crippen molar-refractivity contribution in [2.75, 3.05) is 11.9 Å². The number of benzene rings is 1. The fraction of sp³-hybridized carbons (Fsp3) is 0.250. The quantitative estimate of drug-likeness (QED) is 0.767. The molecular formula is C16H17NO5. The van der Waals surface area contributed by atoms with E-state index in [-0.39, 0.29) is 12.3 Å². The Kier molecular flexibility index (Phi) is 5.19. The van der Waals surface area contributed by atoms with E-state index in [9.17, 15) is 9.59 Å². The van der Waals surface area contributed by atoms with Gasteiger partial charge in [-0.25, -0.2) is 0 Å². The second-order valence-electron chi connectivity index (χ2n) is 4.71. The number of aliphatic carboxylic acids is 1. The van der Waals surface area contributed by atoms with Crippen molar-refractivity contribution < 1.29 is 23.8 Å². The molecule has 6 nitrogen and oxygen atoms in total. The molecule has 6 heteroatoms. The zero-order chi connectivity index (χ0) is 15.9. The van der Waals surface area contributed by atoms with E-state index in [4.69, 9.17) is 14.3 Å². The minimum Gasteiger partial charge on any atom is -0.494 e. The van der Waals surface area contributed by atoms with Crippen molar-refractivity contribution in [3.05, 3.63) is 47.9 Å². The van der Waals surface area contributed by atoms with Gasteiger partial charge in [0.25, 0.3) is 5.91 Å². The van der Waals surface area contributed by atoms with Crippen molar-refractivity contribution in [1.29, 1.82) is 0 Å². The fourth-order valence-corrected chi connectivity index (χ4v) is 1.87. The number of hydrogen-bond acceptors (Lipinski definition) is 4. The van der Waals surface area contributed by atoms with Crippen LogP contribution in [0.15, 0.2) is 41.0 Å². The summed E-state index contributed by atoms with van der Waals surface area (Å²) >= 11 is 0. The molecule has 116 valence electrons. The summed E-state index contributed by atoms with van der Waals surface area (Å²) in [5.41, 5.74) is 1.14. The third-order valence-electron chi connectivity index (χ3n) is 3.02. The van der Waals surface area contributed by atoms with Crippen molar-refractivity contribution in [3.8, 4) is 5.75 Å². The van der Waals surface area contributed by atoms with Crippen molar-refractivity contribution in [1.82, 2.24) is 0 Å². The molecule has 0 bridgehead atoms. The van der Waals surface area contributed by atoms with Crippen LogP contribution in [0.5, 0.6) is 5.75 Å². The maximum absolute atomic E-state index is 12.0. The molecule has 22 heavy (non-hydrogen) atoms. The lowest BCUT2D eigenvalue weighted by atomic mass is 10.2. The lowest BCUT2D eigenvalue weighted by Crippen LogP contribution is -2.12. The van der Waals surface area contributed by atoms with Gasteiger partial charge < -0.3 is 19.6 Å². The molecule has 0 unspecified atom stereocenters. The highest BCUT2D eigenvalue weighted by Gasteiger charge is 2.11. The number of carbonyl (C=O) groups excluding carboxylic acids is 1. The van der Waals surface area contributed by atoms with Crippen LogP contribution in [0.2, 0.25) is 0 Å². The van der Waals surface area contributed by atoms with Gasteiger partial charge >= 0.3 is 5.97 Å². The summed E-state index contributed by atoms with van der Waals surface area (Å²) in [6, 6.07) is 8.50. The molecule has 0 saturated carbocycles. The van der Waals surface area contributed by atoms with Crippen LogP contribution in [-0.4, -0.2) is 23.6 Å². The van der Waals surface area contributed by atoms with Crippen LogP contribution in [0.1, 0.15) is 29.0 Å². The molecule has 1 aromatic heterocycles. The normalized spacial score (nSPS) is 10.2. The average molecular weight is 303 g/mol. The Bertz CT molecular complexity index is 645. The van der Waals surface area contributed by atoms with E-state index in [1.165, 1.54) is 6.26 Å². The largest absolute Gasteiger partial charge is 0.494 e. The topological polar surface area (TPSA) is 88.8 Å². The molecule has 2 aromatic rings. The van der Waals surface area contributed by atoms with E-state index in [2.05, 4.69) is 5.32 Å². The van der Waals surface area contributed by atoms with Gasteiger partial charge in [0, 0.05) is 12.1 Å². The predicted octanol–water partition coefficient (Wildman–Crippen LogP) is 3.08. The van der Waals surface area contributed by atoms with Crippen LogP contribution in [-0.2, 0) is 4.79 Å². The first kappa shape index (κ1) is 15.6. The Morgan fingerprint density at radius 1 is 1.23 bits per heavy atom. The summed E-state index contributed by atoms with van der Waals surface area (Å²) in [5.74, 6) is 0.122. The fourth-order valence-electron chi connectivity index (χ4n) is 1.87. The van der Waals surface area contributed by atoms with Crippen molar-refractivity contribution in [2.24, 2.45) is 0 Å². The molecule has 0 aliphatic heterocycles. The zero-order valence-electron chi connectivity index (χ0n) is 12.2. The molecule has 2 N–H and O–H groups in total. The van der Waals surface area contributed by atoms with E-state index < -0.39 is 5.97 Å².